The molecule has 0 amide bonds. The smallest absolute Gasteiger partial charge is 0.115 e. The van der Waals surface area contributed by atoms with Crippen LogP contribution in [0.15, 0.2) is 18.2 Å². The zero-order chi connectivity index (χ0) is 21.1. The van der Waals surface area contributed by atoms with Gasteiger partial charge in [-0.1, -0.05) is 71.3 Å². The molecule has 2 saturated carbocycles. The van der Waals surface area contributed by atoms with Gasteiger partial charge in [0.2, 0.25) is 0 Å². The largest absolute Gasteiger partial charge is 0.508 e. The predicted molar refractivity (Wildman–Crippen MR) is 125 cm³/mol. The molecule has 0 spiro atoms. The van der Waals surface area contributed by atoms with Gasteiger partial charge < -0.3 is 10.2 Å². The van der Waals surface area contributed by atoms with Gasteiger partial charge in [0.15, 0.2) is 0 Å². The van der Waals surface area contributed by atoms with Gasteiger partial charge in [-0.3, -0.25) is 0 Å². The first kappa shape index (κ1) is 22.2. The van der Waals surface area contributed by atoms with E-state index in [0.717, 1.165) is 18.8 Å². The maximum atomic E-state index is 11.3. The molecular formula is C28H44O2. The molecule has 2 nitrogen and oxygen atoms in total. The van der Waals surface area contributed by atoms with Crippen LogP contribution in [-0.4, -0.2) is 16.3 Å². The minimum absolute atomic E-state index is 0.103. The van der Waals surface area contributed by atoms with Gasteiger partial charge in [0.25, 0.3) is 0 Å². The Morgan fingerprint density at radius 1 is 1.00 bits per heavy atom. The second kappa shape index (κ2) is 9.63. The summed E-state index contributed by atoms with van der Waals surface area (Å²) < 4.78 is 0. The van der Waals surface area contributed by atoms with Gasteiger partial charge >= 0.3 is 0 Å². The van der Waals surface area contributed by atoms with Crippen molar-refractivity contribution in [2.45, 2.75) is 116 Å². The topological polar surface area (TPSA) is 40.5 Å². The standard InChI is InChI=1S/C28H44O2/c1-3-4-5-6-7-8-9-10-11-21-19-26-25-14-12-20-18-22(29)13-15-23(20)24(25)16-17-28(26,2)27(21)30/h13,15,18,21,24-27,29-30H,3-12,14,16-17,19H2,1-2H3/t21-,24+,25+,26-,27-,28-/m0/s1. The molecular weight excluding hydrogens is 368 g/mol. The number of benzene rings is 1. The molecule has 168 valence electrons. The molecule has 1 aromatic carbocycles. The van der Waals surface area contributed by atoms with Crippen molar-refractivity contribution in [1.29, 1.82) is 0 Å². The second-order valence-corrected chi connectivity index (χ2v) is 11.0. The predicted octanol–water partition coefficient (Wildman–Crippen LogP) is 7.37. The molecule has 0 aliphatic heterocycles. The molecule has 6 atom stereocenters. The summed E-state index contributed by atoms with van der Waals surface area (Å²) in [5, 5.41) is 21.2. The van der Waals surface area contributed by atoms with Crippen molar-refractivity contribution in [3.8, 4) is 5.75 Å². The number of unbranched alkanes of at least 4 members (excludes halogenated alkanes) is 7. The Kier molecular flexibility index (Phi) is 7.12. The maximum Gasteiger partial charge on any atom is 0.115 e. The van der Waals surface area contributed by atoms with E-state index in [9.17, 15) is 10.2 Å². The molecule has 1 aromatic rings. The van der Waals surface area contributed by atoms with E-state index >= 15 is 0 Å². The molecule has 0 aromatic heterocycles. The molecule has 30 heavy (non-hydrogen) atoms. The van der Waals surface area contributed by atoms with Gasteiger partial charge in [-0.15, -0.1) is 0 Å². The third kappa shape index (κ3) is 4.31. The van der Waals surface area contributed by atoms with E-state index in [2.05, 4.69) is 19.9 Å². The summed E-state index contributed by atoms with van der Waals surface area (Å²) in [6.45, 7) is 4.68. The lowest BCUT2D eigenvalue weighted by molar-refractivity contribution is -0.0335. The van der Waals surface area contributed by atoms with Crippen LogP contribution < -0.4 is 0 Å². The lowest BCUT2D eigenvalue weighted by Crippen LogP contribution is -2.44. The summed E-state index contributed by atoms with van der Waals surface area (Å²) in [7, 11) is 0. The number of aliphatic hydroxyl groups excluding tert-OH is 1. The molecule has 2 heteroatoms. The Bertz CT molecular complexity index is 698. The van der Waals surface area contributed by atoms with E-state index in [4.69, 9.17) is 0 Å². The Labute approximate surface area is 184 Å². The number of aromatic hydroxyl groups is 1. The van der Waals surface area contributed by atoms with Crippen molar-refractivity contribution < 1.29 is 10.2 Å². The number of aliphatic hydroxyl groups is 1. The number of phenolic OH excluding ortho intramolecular Hbond substituents is 1. The number of hydrogen-bond donors (Lipinski definition) is 2. The fourth-order valence-electron chi connectivity index (χ4n) is 7.54. The van der Waals surface area contributed by atoms with Crippen molar-refractivity contribution in [2.24, 2.45) is 23.2 Å². The van der Waals surface area contributed by atoms with E-state index in [0.29, 0.717) is 23.5 Å². The SMILES string of the molecule is CCCCCCCCCC[C@H]1C[C@H]2[C@@H]3CCc4cc(O)ccc4[C@H]3CC[C@]2(C)[C@H]1O. The van der Waals surface area contributed by atoms with Gasteiger partial charge in [-0.2, -0.15) is 0 Å². The third-order valence-electron chi connectivity index (χ3n) is 9.26. The van der Waals surface area contributed by atoms with E-state index in [1.165, 1.54) is 88.2 Å². The molecule has 2 fully saturated rings. The minimum Gasteiger partial charge on any atom is -0.508 e. The van der Waals surface area contributed by atoms with Crippen LogP contribution in [0.3, 0.4) is 0 Å². The molecule has 4 rings (SSSR count). The van der Waals surface area contributed by atoms with Crippen molar-refractivity contribution >= 4 is 0 Å². The summed E-state index contributed by atoms with van der Waals surface area (Å²) >= 11 is 0. The van der Waals surface area contributed by atoms with Gasteiger partial charge in [-0.05, 0) is 90.9 Å². The van der Waals surface area contributed by atoms with Gasteiger partial charge in [-0.25, -0.2) is 0 Å². The quantitative estimate of drug-likeness (QED) is 0.416. The summed E-state index contributed by atoms with van der Waals surface area (Å²) in [5.41, 5.74) is 2.99. The average molecular weight is 413 g/mol. The number of aryl methyl sites for hydroxylation is 1. The van der Waals surface area contributed by atoms with Crippen molar-refractivity contribution in [2.75, 3.05) is 0 Å². The fraction of sp³-hybridized carbons (Fsp3) is 0.786. The van der Waals surface area contributed by atoms with Gasteiger partial charge in [0.1, 0.15) is 5.75 Å². The molecule has 0 heterocycles. The fourth-order valence-corrected chi connectivity index (χ4v) is 7.54. The Balaban J connectivity index is 1.32. The Morgan fingerprint density at radius 3 is 2.50 bits per heavy atom. The van der Waals surface area contributed by atoms with E-state index in [1.54, 1.807) is 0 Å². The van der Waals surface area contributed by atoms with Crippen LogP contribution in [0.4, 0.5) is 0 Å². The molecule has 0 unspecified atom stereocenters. The lowest BCUT2D eigenvalue weighted by Gasteiger charge is -2.50. The average Bonchev–Trinajstić information content (AvgIpc) is 3.00. The lowest BCUT2D eigenvalue weighted by atomic mass is 9.55. The molecule has 0 saturated heterocycles. The van der Waals surface area contributed by atoms with Crippen LogP contribution in [0.5, 0.6) is 5.75 Å². The maximum absolute atomic E-state index is 11.3. The van der Waals surface area contributed by atoms with Gasteiger partial charge in [0, 0.05) is 0 Å². The van der Waals surface area contributed by atoms with Crippen LogP contribution in [0, 0.1) is 23.2 Å². The van der Waals surface area contributed by atoms with Crippen molar-refractivity contribution in [3.63, 3.8) is 0 Å². The first-order valence-electron chi connectivity index (χ1n) is 13.0. The Morgan fingerprint density at radius 2 is 1.73 bits per heavy atom. The van der Waals surface area contributed by atoms with Crippen LogP contribution in [-0.2, 0) is 6.42 Å². The molecule has 0 radical (unpaired) electrons. The van der Waals surface area contributed by atoms with E-state index < -0.39 is 0 Å². The molecule has 3 aliphatic rings. The highest BCUT2D eigenvalue weighted by Crippen LogP contribution is 2.62. The zero-order valence-electron chi connectivity index (χ0n) is 19.4. The second-order valence-electron chi connectivity index (χ2n) is 11.0. The summed E-state index contributed by atoms with van der Waals surface area (Å²) in [5.74, 6) is 2.96. The molecule has 0 bridgehead atoms. The zero-order valence-corrected chi connectivity index (χ0v) is 19.4. The highest BCUT2D eigenvalue weighted by atomic mass is 16.3. The first-order chi connectivity index (χ1) is 14.5. The highest BCUT2D eigenvalue weighted by molar-refractivity contribution is 5.40. The monoisotopic (exact) mass is 412 g/mol. The van der Waals surface area contributed by atoms with Crippen molar-refractivity contribution in [1.82, 2.24) is 0 Å². The van der Waals surface area contributed by atoms with Crippen LogP contribution >= 0.6 is 0 Å². The summed E-state index contributed by atoms with van der Waals surface area (Å²) in [4.78, 5) is 0. The van der Waals surface area contributed by atoms with Crippen LogP contribution in [0.1, 0.15) is 114 Å². The number of rotatable bonds is 9. The summed E-state index contributed by atoms with van der Waals surface area (Å²) in [6, 6.07) is 6.06. The molecule has 3 aliphatic carbocycles. The summed E-state index contributed by atoms with van der Waals surface area (Å²) in [6.07, 6.45) is 18.0. The minimum atomic E-state index is -0.103. The van der Waals surface area contributed by atoms with Gasteiger partial charge in [0.05, 0.1) is 6.10 Å². The molecule has 2 N–H and O–H groups in total. The number of hydrogen-bond acceptors (Lipinski definition) is 2. The van der Waals surface area contributed by atoms with E-state index in [-0.39, 0.29) is 11.5 Å². The van der Waals surface area contributed by atoms with Crippen LogP contribution in [0.2, 0.25) is 0 Å². The number of phenols is 1. The van der Waals surface area contributed by atoms with Crippen molar-refractivity contribution in [3.05, 3.63) is 29.3 Å². The van der Waals surface area contributed by atoms with E-state index in [1.807, 2.05) is 12.1 Å². The normalized spacial score (nSPS) is 35.0. The highest BCUT2D eigenvalue weighted by Gasteiger charge is 2.57. The number of fused-ring (bicyclic) bond motifs is 5. The third-order valence-corrected chi connectivity index (χ3v) is 9.26. The first-order valence-corrected chi connectivity index (χ1v) is 13.0. The Hall–Kier alpha value is -1.02. The van der Waals surface area contributed by atoms with Crippen LogP contribution in [0.25, 0.3) is 0 Å².